The maximum atomic E-state index is 11.8. The van der Waals surface area contributed by atoms with Gasteiger partial charge in [0.2, 0.25) is 0 Å². The van der Waals surface area contributed by atoms with Crippen molar-refractivity contribution in [1.29, 1.82) is 0 Å². The number of ether oxygens (including phenoxy) is 1. The Labute approximate surface area is 113 Å². The van der Waals surface area contributed by atoms with Crippen LogP contribution in [0.25, 0.3) is 0 Å². The molecule has 0 radical (unpaired) electrons. The van der Waals surface area contributed by atoms with Gasteiger partial charge in [-0.25, -0.2) is 4.79 Å². The highest BCUT2D eigenvalue weighted by Gasteiger charge is 2.09. The second-order valence-electron chi connectivity index (χ2n) is 3.34. The average Bonchev–Trinajstić information content (AvgIpc) is 2.27. The Balaban J connectivity index is 2.53. The fraction of sp³-hybridized carbons (Fsp3) is 0.273. The number of nitrogens with one attached hydrogen (secondary N) is 1. The molecule has 92 valence electrons. The number of benzene rings is 1. The largest absolute Gasteiger partial charge is 0.448 e. The predicted molar refractivity (Wildman–Crippen MR) is 71.8 cm³/mol. The van der Waals surface area contributed by atoms with Gasteiger partial charge in [-0.3, -0.25) is 4.79 Å². The van der Waals surface area contributed by atoms with Crippen LogP contribution in [0.3, 0.4) is 0 Å². The number of rotatable bonds is 4. The van der Waals surface area contributed by atoms with Crippen LogP contribution >= 0.6 is 22.6 Å². The number of carbonyl (C=O) groups excluding carboxylic acids is 2. The normalized spacial score (nSPS) is 9.76. The standard InChI is InChI=1S/C11H13IN2O3/c1-7-8(3-2-4-9(7)12)10(15)14-5-6-17-11(13)16/h2-4H,5-6H2,1H3,(H2,13,16)(H,14,15). The quantitative estimate of drug-likeness (QED) is 0.638. The molecule has 6 heteroatoms. The molecule has 5 nitrogen and oxygen atoms in total. The van der Waals surface area contributed by atoms with Crippen LogP contribution < -0.4 is 11.1 Å². The van der Waals surface area contributed by atoms with E-state index in [4.69, 9.17) is 5.73 Å². The average molecular weight is 348 g/mol. The van der Waals surface area contributed by atoms with E-state index in [-0.39, 0.29) is 19.1 Å². The van der Waals surface area contributed by atoms with E-state index < -0.39 is 6.09 Å². The van der Waals surface area contributed by atoms with Gasteiger partial charge in [0.15, 0.2) is 0 Å². The maximum Gasteiger partial charge on any atom is 0.404 e. The third kappa shape index (κ3) is 4.22. The lowest BCUT2D eigenvalue weighted by Gasteiger charge is -2.08. The molecule has 0 aliphatic heterocycles. The summed E-state index contributed by atoms with van der Waals surface area (Å²) < 4.78 is 5.54. The summed E-state index contributed by atoms with van der Waals surface area (Å²) in [4.78, 5) is 22.1. The number of primary amides is 1. The zero-order valence-electron chi connectivity index (χ0n) is 9.33. The van der Waals surface area contributed by atoms with Crippen molar-refractivity contribution in [2.75, 3.05) is 13.2 Å². The van der Waals surface area contributed by atoms with E-state index in [9.17, 15) is 9.59 Å². The van der Waals surface area contributed by atoms with Crippen LogP contribution in [0.4, 0.5) is 4.79 Å². The first-order chi connectivity index (χ1) is 8.02. The molecule has 3 N–H and O–H groups in total. The maximum absolute atomic E-state index is 11.8. The third-order valence-corrected chi connectivity index (χ3v) is 3.31. The minimum absolute atomic E-state index is 0.0735. The fourth-order valence-corrected chi connectivity index (χ4v) is 1.76. The smallest absolute Gasteiger partial charge is 0.404 e. The number of carbonyl (C=O) groups is 2. The summed E-state index contributed by atoms with van der Waals surface area (Å²) in [6, 6.07) is 5.51. The zero-order chi connectivity index (χ0) is 12.8. The SMILES string of the molecule is Cc1c(I)cccc1C(=O)NCCOC(N)=O. The molecule has 1 aromatic rings. The summed E-state index contributed by atoms with van der Waals surface area (Å²) in [6.45, 7) is 2.20. The molecule has 0 aliphatic carbocycles. The summed E-state index contributed by atoms with van der Waals surface area (Å²) in [5.74, 6) is -0.186. The van der Waals surface area contributed by atoms with Gasteiger partial charge in [-0.1, -0.05) is 6.07 Å². The van der Waals surface area contributed by atoms with Gasteiger partial charge in [0.1, 0.15) is 6.61 Å². The number of nitrogens with two attached hydrogens (primary N) is 1. The molecule has 0 aliphatic rings. The molecule has 0 aromatic heterocycles. The minimum Gasteiger partial charge on any atom is -0.448 e. The molecule has 0 fully saturated rings. The highest BCUT2D eigenvalue weighted by atomic mass is 127. The summed E-state index contributed by atoms with van der Waals surface area (Å²) in [7, 11) is 0. The lowest BCUT2D eigenvalue weighted by Crippen LogP contribution is -2.29. The highest BCUT2D eigenvalue weighted by molar-refractivity contribution is 14.1. The van der Waals surface area contributed by atoms with E-state index in [1.54, 1.807) is 6.07 Å². The van der Waals surface area contributed by atoms with Crippen LogP contribution in [0.1, 0.15) is 15.9 Å². The molecule has 1 aromatic carbocycles. The van der Waals surface area contributed by atoms with Crippen molar-refractivity contribution >= 4 is 34.6 Å². The monoisotopic (exact) mass is 348 g/mol. The molecule has 0 bridgehead atoms. The van der Waals surface area contributed by atoms with E-state index in [1.807, 2.05) is 19.1 Å². The number of hydrogen-bond acceptors (Lipinski definition) is 3. The topological polar surface area (TPSA) is 81.4 Å². The van der Waals surface area contributed by atoms with Crippen LogP contribution in [0.2, 0.25) is 0 Å². The van der Waals surface area contributed by atoms with E-state index >= 15 is 0 Å². The second kappa shape index (κ2) is 6.43. The molecule has 0 unspecified atom stereocenters. The van der Waals surface area contributed by atoms with E-state index in [0.29, 0.717) is 5.56 Å². The van der Waals surface area contributed by atoms with Gasteiger partial charge in [-0.15, -0.1) is 0 Å². The first-order valence-corrected chi connectivity index (χ1v) is 6.06. The predicted octanol–water partition coefficient (Wildman–Crippen LogP) is 1.42. The number of hydrogen-bond donors (Lipinski definition) is 2. The molecular weight excluding hydrogens is 335 g/mol. The Morgan fingerprint density at radius 2 is 2.18 bits per heavy atom. The van der Waals surface area contributed by atoms with Gasteiger partial charge < -0.3 is 15.8 Å². The van der Waals surface area contributed by atoms with Crippen molar-refractivity contribution in [1.82, 2.24) is 5.32 Å². The molecule has 1 rings (SSSR count). The van der Waals surface area contributed by atoms with E-state index in [1.165, 1.54) is 0 Å². The number of amides is 2. The molecule has 0 atom stereocenters. The Morgan fingerprint density at radius 3 is 2.82 bits per heavy atom. The summed E-state index contributed by atoms with van der Waals surface area (Å²) in [5, 5.41) is 2.65. The van der Waals surface area contributed by atoms with E-state index in [0.717, 1.165) is 9.13 Å². The second-order valence-corrected chi connectivity index (χ2v) is 4.50. The Bertz CT molecular complexity index is 435. The summed E-state index contributed by atoms with van der Waals surface area (Å²) in [6.07, 6.45) is -0.843. The molecule has 0 saturated heterocycles. The minimum atomic E-state index is -0.843. The summed E-state index contributed by atoms with van der Waals surface area (Å²) >= 11 is 2.17. The van der Waals surface area contributed by atoms with Gasteiger partial charge >= 0.3 is 6.09 Å². The van der Waals surface area contributed by atoms with Crippen molar-refractivity contribution in [2.24, 2.45) is 5.73 Å². The van der Waals surface area contributed by atoms with Crippen molar-refractivity contribution in [3.05, 3.63) is 32.9 Å². The molecular formula is C11H13IN2O3. The Kier molecular flexibility index (Phi) is 5.20. The van der Waals surface area contributed by atoms with Crippen LogP contribution in [-0.2, 0) is 4.74 Å². The molecule has 17 heavy (non-hydrogen) atoms. The van der Waals surface area contributed by atoms with Gasteiger partial charge in [0, 0.05) is 9.13 Å². The van der Waals surface area contributed by atoms with Crippen LogP contribution in [0.15, 0.2) is 18.2 Å². The first kappa shape index (κ1) is 13.8. The van der Waals surface area contributed by atoms with Crippen LogP contribution in [0.5, 0.6) is 0 Å². The highest BCUT2D eigenvalue weighted by Crippen LogP contribution is 2.15. The molecule has 2 amide bonds. The van der Waals surface area contributed by atoms with Crippen molar-refractivity contribution < 1.29 is 14.3 Å². The van der Waals surface area contributed by atoms with Crippen molar-refractivity contribution in [3.63, 3.8) is 0 Å². The lowest BCUT2D eigenvalue weighted by atomic mass is 10.1. The van der Waals surface area contributed by atoms with Crippen LogP contribution in [-0.4, -0.2) is 25.2 Å². The Hall–Kier alpha value is -1.31. The van der Waals surface area contributed by atoms with Gasteiger partial charge in [-0.2, -0.15) is 0 Å². The van der Waals surface area contributed by atoms with Crippen LogP contribution in [0, 0.1) is 10.5 Å². The van der Waals surface area contributed by atoms with Crippen molar-refractivity contribution in [3.8, 4) is 0 Å². The molecule has 0 spiro atoms. The lowest BCUT2D eigenvalue weighted by molar-refractivity contribution is 0.0936. The van der Waals surface area contributed by atoms with Gasteiger partial charge in [0.05, 0.1) is 6.54 Å². The molecule has 0 saturated carbocycles. The van der Waals surface area contributed by atoms with Crippen molar-refractivity contribution in [2.45, 2.75) is 6.92 Å². The first-order valence-electron chi connectivity index (χ1n) is 4.98. The van der Waals surface area contributed by atoms with Gasteiger partial charge in [-0.05, 0) is 47.2 Å². The third-order valence-electron chi connectivity index (χ3n) is 2.14. The fourth-order valence-electron chi connectivity index (χ4n) is 1.26. The summed E-state index contributed by atoms with van der Waals surface area (Å²) in [5.41, 5.74) is 6.34. The Morgan fingerprint density at radius 1 is 1.47 bits per heavy atom. The zero-order valence-corrected chi connectivity index (χ0v) is 11.5. The molecule has 0 heterocycles. The number of halogens is 1. The van der Waals surface area contributed by atoms with Gasteiger partial charge in [0.25, 0.3) is 5.91 Å². The van der Waals surface area contributed by atoms with E-state index in [2.05, 4.69) is 32.6 Å².